The number of aliphatic hydroxyl groups excluding tert-OH is 2. The predicted molar refractivity (Wildman–Crippen MR) is 86.1 cm³/mol. The van der Waals surface area contributed by atoms with Gasteiger partial charge in [-0.15, -0.1) is 0 Å². The standard InChI is InChI=1S/C16H22N2O6/c1-9(2)8-11(14(21)17-10-6-4-3-5-7-10)18-15(22)12(19)13(20)16(23)24/h3-7,9,11-13,19-20H,8H2,1-2H3,(H,17,21)(H,18,22)(H,23,24)/t11-,12-,13-/m0/s1. The average molecular weight is 338 g/mol. The Hall–Kier alpha value is -2.45. The molecule has 0 bridgehead atoms. The summed E-state index contributed by atoms with van der Waals surface area (Å²) in [6.07, 6.45) is -4.15. The van der Waals surface area contributed by atoms with Crippen molar-refractivity contribution in [3.63, 3.8) is 0 Å². The van der Waals surface area contributed by atoms with Crippen LogP contribution in [0.4, 0.5) is 5.69 Å². The number of carbonyl (C=O) groups excluding carboxylic acids is 2. The molecule has 0 fully saturated rings. The number of amides is 2. The molecule has 0 spiro atoms. The molecule has 24 heavy (non-hydrogen) atoms. The Morgan fingerprint density at radius 3 is 2.08 bits per heavy atom. The zero-order valence-corrected chi connectivity index (χ0v) is 13.5. The first-order chi connectivity index (χ1) is 11.2. The summed E-state index contributed by atoms with van der Waals surface area (Å²) in [6, 6.07) is 7.63. The van der Waals surface area contributed by atoms with Gasteiger partial charge in [0.2, 0.25) is 5.91 Å². The average Bonchev–Trinajstić information content (AvgIpc) is 2.53. The van der Waals surface area contributed by atoms with Crippen molar-refractivity contribution in [2.45, 2.75) is 38.5 Å². The van der Waals surface area contributed by atoms with Crippen molar-refractivity contribution < 1.29 is 29.7 Å². The highest BCUT2D eigenvalue weighted by Crippen LogP contribution is 2.10. The van der Waals surface area contributed by atoms with E-state index in [0.717, 1.165) is 0 Å². The van der Waals surface area contributed by atoms with E-state index in [4.69, 9.17) is 5.11 Å². The van der Waals surface area contributed by atoms with Gasteiger partial charge < -0.3 is 26.0 Å². The molecule has 0 aliphatic carbocycles. The first-order valence-electron chi connectivity index (χ1n) is 7.47. The fourth-order valence-corrected chi connectivity index (χ4v) is 1.99. The van der Waals surface area contributed by atoms with Crippen LogP contribution in [0.15, 0.2) is 30.3 Å². The molecule has 3 atom stereocenters. The van der Waals surface area contributed by atoms with E-state index in [9.17, 15) is 24.6 Å². The molecule has 1 rings (SSSR count). The number of rotatable bonds is 8. The van der Waals surface area contributed by atoms with E-state index in [0.29, 0.717) is 5.69 Å². The van der Waals surface area contributed by atoms with Gasteiger partial charge in [-0.1, -0.05) is 32.0 Å². The molecule has 0 heterocycles. The third kappa shape index (κ3) is 5.98. The number of carboxylic acids is 1. The highest BCUT2D eigenvalue weighted by Gasteiger charge is 2.32. The maximum absolute atomic E-state index is 12.3. The van der Waals surface area contributed by atoms with Gasteiger partial charge in [-0.05, 0) is 24.5 Å². The highest BCUT2D eigenvalue weighted by atomic mass is 16.4. The van der Waals surface area contributed by atoms with Gasteiger partial charge in [0.15, 0.2) is 12.2 Å². The van der Waals surface area contributed by atoms with E-state index < -0.39 is 36.0 Å². The van der Waals surface area contributed by atoms with Crippen molar-refractivity contribution >= 4 is 23.5 Å². The number of para-hydroxylation sites is 1. The van der Waals surface area contributed by atoms with Crippen LogP contribution in [0.2, 0.25) is 0 Å². The third-order valence-electron chi connectivity index (χ3n) is 3.20. The van der Waals surface area contributed by atoms with Crippen LogP contribution >= 0.6 is 0 Å². The number of hydrogen-bond donors (Lipinski definition) is 5. The van der Waals surface area contributed by atoms with Gasteiger partial charge in [0.05, 0.1) is 0 Å². The Morgan fingerprint density at radius 1 is 1.00 bits per heavy atom. The second-order valence-electron chi connectivity index (χ2n) is 5.77. The van der Waals surface area contributed by atoms with Crippen LogP contribution in [0.3, 0.4) is 0 Å². The third-order valence-corrected chi connectivity index (χ3v) is 3.20. The first-order valence-corrected chi connectivity index (χ1v) is 7.47. The van der Waals surface area contributed by atoms with Crippen molar-refractivity contribution in [2.24, 2.45) is 5.92 Å². The molecule has 1 aromatic carbocycles. The van der Waals surface area contributed by atoms with Crippen LogP contribution in [0, 0.1) is 5.92 Å². The Morgan fingerprint density at radius 2 is 1.58 bits per heavy atom. The van der Waals surface area contributed by atoms with E-state index in [2.05, 4.69) is 10.6 Å². The zero-order chi connectivity index (χ0) is 18.3. The summed E-state index contributed by atoms with van der Waals surface area (Å²) in [6.45, 7) is 3.69. The van der Waals surface area contributed by atoms with Gasteiger partial charge in [0.25, 0.3) is 5.91 Å². The Kier molecular flexibility index (Phi) is 7.34. The minimum atomic E-state index is -2.26. The topological polar surface area (TPSA) is 136 Å². The van der Waals surface area contributed by atoms with E-state index in [-0.39, 0.29) is 12.3 Å². The first kappa shape index (κ1) is 19.6. The number of carboxylic acid groups (broad SMARTS) is 1. The fourth-order valence-electron chi connectivity index (χ4n) is 1.99. The van der Waals surface area contributed by atoms with E-state index >= 15 is 0 Å². The molecule has 132 valence electrons. The molecular weight excluding hydrogens is 316 g/mol. The van der Waals surface area contributed by atoms with Gasteiger partial charge in [-0.3, -0.25) is 9.59 Å². The summed E-state index contributed by atoms with van der Waals surface area (Å²) in [7, 11) is 0. The van der Waals surface area contributed by atoms with Gasteiger partial charge in [0, 0.05) is 5.69 Å². The summed E-state index contributed by atoms with van der Waals surface area (Å²) in [5.41, 5.74) is 0.539. The molecule has 0 aromatic heterocycles. The number of aliphatic hydroxyl groups is 2. The summed E-state index contributed by atoms with van der Waals surface area (Å²) >= 11 is 0. The number of anilines is 1. The molecule has 0 aliphatic heterocycles. The van der Waals surface area contributed by atoms with Gasteiger partial charge in [-0.25, -0.2) is 4.79 Å². The molecule has 0 unspecified atom stereocenters. The second-order valence-corrected chi connectivity index (χ2v) is 5.77. The highest BCUT2D eigenvalue weighted by molar-refractivity contribution is 5.98. The molecular formula is C16H22N2O6. The van der Waals surface area contributed by atoms with E-state index in [1.54, 1.807) is 30.3 Å². The Labute approximate surface area is 139 Å². The van der Waals surface area contributed by atoms with Crippen LogP contribution in [0.25, 0.3) is 0 Å². The quantitative estimate of drug-likeness (QED) is 0.451. The molecule has 5 N–H and O–H groups in total. The zero-order valence-electron chi connectivity index (χ0n) is 13.5. The monoisotopic (exact) mass is 338 g/mol. The van der Waals surface area contributed by atoms with Crippen molar-refractivity contribution in [3.8, 4) is 0 Å². The van der Waals surface area contributed by atoms with E-state index in [1.165, 1.54) is 0 Å². The number of benzene rings is 1. The normalized spacial score (nSPS) is 14.5. The van der Waals surface area contributed by atoms with Crippen molar-refractivity contribution in [1.82, 2.24) is 5.32 Å². The number of nitrogens with one attached hydrogen (secondary N) is 2. The van der Waals surface area contributed by atoms with Gasteiger partial charge in [0.1, 0.15) is 6.04 Å². The maximum Gasteiger partial charge on any atom is 0.335 e. The summed E-state index contributed by atoms with van der Waals surface area (Å²) in [5, 5.41) is 32.3. The predicted octanol–water partition coefficient (Wildman–Crippen LogP) is -0.0376. The fraction of sp³-hybridized carbons (Fsp3) is 0.438. The maximum atomic E-state index is 12.3. The van der Waals surface area contributed by atoms with E-state index in [1.807, 2.05) is 13.8 Å². The summed E-state index contributed by atoms with van der Waals surface area (Å²) in [5.74, 6) is -3.30. The minimum Gasteiger partial charge on any atom is -0.479 e. The number of carbonyl (C=O) groups is 3. The lowest BCUT2D eigenvalue weighted by molar-refractivity contribution is -0.158. The minimum absolute atomic E-state index is 0.0540. The van der Waals surface area contributed by atoms with Crippen molar-refractivity contribution in [3.05, 3.63) is 30.3 Å². The largest absolute Gasteiger partial charge is 0.479 e. The second kappa shape index (κ2) is 8.99. The Balaban J connectivity index is 2.79. The molecule has 8 heteroatoms. The number of aliphatic carboxylic acids is 1. The summed E-state index contributed by atoms with van der Waals surface area (Å²) in [4.78, 5) is 34.8. The SMILES string of the molecule is CC(C)C[C@H](NC(=O)[C@@H](O)[C@H](O)C(=O)O)C(=O)Nc1ccccc1. The molecule has 0 saturated carbocycles. The van der Waals surface area contributed by atoms with Crippen molar-refractivity contribution in [2.75, 3.05) is 5.32 Å². The smallest absolute Gasteiger partial charge is 0.335 e. The molecule has 0 radical (unpaired) electrons. The lowest BCUT2D eigenvalue weighted by Gasteiger charge is -2.22. The van der Waals surface area contributed by atoms with Crippen LogP contribution < -0.4 is 10.6 Å². The van der Waals surface area contributed by atoms with Crippen molar-refractivity contribution in [1.29, 1.82) is 0 Å². The van der Waals surface area contributed by atoms with Crippen LogP contribution in [0.1, 0.15) is 20.3 Å². The van der Waals surface area contributed by atoms with Crippen LogP contribution in [0.5, 0.6) is 0 Å². The van der Waals surface area contributed by atoms with Crippen LogP contribution in [-0.2, 0) is 14.4 Å². The molecule has 1 aromatic rings. The van der Waals surface area contributed by atoms with Gasteiger partial charge >= 0.3 is 5.97 Å². The lowest BCUT2D eigenvalue weighted by Crippen LogP contribution is -2.52. The van der Waals surface area contributed by atoms with Gasteiger partial charge in [-0.2, -0.15) is 0 Å². The summed E-state index contributed by atoms with van der Waals surface area (Å²) < 4.78 is 0. The molecule has 2 amide bonds. The lowest BCUT2D eigenvalue weighted by atomic mass is 10.0. The Bertz CT molecular complexity index is 575. The number of hydrogen-bond acceptors (Lipinski definition) is 5. The molecule has 8 nitrogen and oxygen atoms in total. The van der Waals surface area contributed by atoms with Crippen LogP contribution in [-0.4, -0.2) is 51.4 Å². The molecule has 0 saturated heterocycles. The molecule has 0 aliphatic rings.